The molecule has 0 saturated carbocycles. The molecule has 0 unspecified atom stereocenters. The predicted molar refractivity (Wildman–Crippen MR) is 120 cm³/mol. The van der Waals surface area contributed by atoms with Gasteiger partial charge in [0.25, 0.3) is 0 Å². The van der Waals surface area contributed by atoms with Gasteiger partial charge in [0.05, 0.1) is 6.54 Å². The minimum atomic E-state index is 0.280. The van der Waals surface area contributed by atoms with Gasteiger partial charge < -0.3 is 15.1 Å². The van der Waals surface area contributed by atoms with Crippen LogP contribution in [-0.4, -0.2) is 71.5 Å². The molecule has 1 aromatic carbocycles. The molecule has 2 aliphatic rings. The van der Waals surface area contributed by atoms with Crippen molar-refractivity contribution >= 4 is 28.9 Å². The molecule has 2 atom stereocenters. The highest BCUT2D eigenvalue weighted by atomic mass is 32.1. The van der Waals surface area contributed by atoms with Crippen molar-refractivity contribution in [3.8, 4) is 0 Å². The summed E-state index contributed by atoms with van der Waals surface area (Å²) in [5.74, 6) is 1.50. The van der Waals surface area contributed by atoms with Crippen LogP contribution in [-0.2, 0) is 4.79 Å². The SMILES string of the molecule is Cc1ccc(C)c(NC(=S)N2CCN(CC(=O)N3C[C@H](C)C[C@H](C)C3)CC2)c1. The van der Waals surface area contributed by atoms with E-state index in [1.54, 1.807) is 0 Å². The molecule has 1 N–H and O–H groups in total. The normalized spacial score (nSPS) is 23.6. The van der Waals surface area contributed by atoms with Gasteiger partial charge in [-0.3, -0.25) is 9.69 Å². The number of piperidine rings is 1. The Balaban J connectivity index is 1.47. The average Bonchev–Trinajstić information content (AvgIpc) is 2.64. The number of nitrogens with one attached hydrogen (secondary N) is 1. The molecule has 6 heteroatoms. The van der Waals surface area contributed by atoms with Crippen LogP contribution in [0.4, 0.5) is 5.69 Å². The summed E-state index contributed by atoms with van der Waals surface area (Å²) in [5, 5.41) is 4.18. The largest absolute Gasteiger partial charge is 0.346 e. The topological polar surface area (TPSA) is 38.8 Å². The van der Waals surface area contributed by atoms with Gasteiger partial charge in [-0.2, -0.15) is 0 Å². The van der Waals surface area contributed by atoms with Crippen LogP contribution < -0.4 is 5.32 Å². The van der Waals surface area contributed by atoms with E-state index in [9.17, 15) is 4.79 Å². The number of carbonyl (C=O) groups excluding carboxylic acids is 1. The van der Waals surface area contributed by atoms with E-state index in [2.05, 4.69) is 65.9 Å². The van der Waals surface area contributed by atoms with Gasteiger partial charge in [0.15, 0.2) is 5.11 Å². The number of likely N-dealkylation sites (tertiary alicyclic amines) is 1. The van der Waals surface area contributed by atoms with Crippen molar-refractivity contribution in [3.05, 3.63) is 29.3 Å². The zero-order valence-electron chi connectivity index (χ0n) is 17.7. The van der Waals surface area contributed by atoms with E-state index >= 15 is 0 Å². The number of piperazine rings is 1. The van der Waals surface area contributed by atoms with Crippen molar-refractivity contribution < 1.29 is 4.79 Å². The van der Waals surface area contributed by atoms with Crippen LogP contribution in [0.3, 0.4) is 0 Å². The number of carbonyl (C=O) groups is 1. The Bertz CT molecular complexity index is 704. The molecular formula is C22H34N4OS. The summed E-state index contributed by atoms with van der Waals surface area (Å²) in [6.07, 6.45) is 1.23. The lowest BCUT2D eigenvalue weighted by molar-refractivity contribution is -0.135. The van der Waals surface area contributed by atoms with Gasteiger partial charge in [0.2, 0.25) is 5.91 Å². The maximum atomic E-state index is 12.7. The zero-order chi connectivity index (χ0) is 20.3. The van der Waals surface area contributed by atoms with Crippen LogP contribution in [0.25, 0.3) is 0 Å². The van der Waals surface area contributed by atoms with Gasteiger partial charge >= 0.3 is 0 Å². The Morgan fingerprint density at radius 2 is 1.71 bits per heavy atom. The molecule has 3 rings (SSSR count). The highest BCUT2D eigenvalue weighted by Crippen LogP contribution is 2.21. The molecule has 0 aromatic heterocycles. The number of nitrogens with zero attached hydrogens (tertiary/aromatic N) is 3. The second-order valence-electron chi connectivity index (χ2n) is 8.76. The highest BCUT2D eigenvalue weighted by Gasteiger charge is 2.27. The van der Waals surface area contributed by atoms with Crippen molar-refractivity contribution in [2.24, 2.45) is 11.8 Å². The van der Waals surface area contributed by atoms with Gasteiger partial charge in [-0.1, -0.05) is 26.0 Å². The third-order valence-electron chi connectivity index (χ3n) is 5.87. The predicted octanol–water partition coefficient (Wildman–Crippen LogP) is 3.12. The van der Waals surface area contributed by atoms with E-state index in [-0.39, 0.29) is 5.91 Å². The van der Waals surface area contributed by atoms with Gasteiger partial charge in [-0.25, -0.2) is 0 Å². The molecule has 2 saturated heterocycles. The quantitative estimate of drug-likeness (QED) is 0.787. The van der Waals surface area contributed by atoms with E-state index in [4.69, 9.17) is 12.2 Å². The van der Waals surface area contributed by atoms with Crippen LogP contribution in [0, 0.1) is 25.7 Å². The Morgan fingerprint density at radius 1 is 1.07 bits per heavy atom. The van der Waals surface area contributed by atoms with Gasteiger partial charge in [0, 0.05) is 45.0 Å². The van der Waals surface area contributed by atoms with Crippen LogP contribution in [0.2, 0.25) is 0 Å². The molecule has 1 aromatic rings. The summed E-state index contributed by atoms with van der Waals surface area (Å²) in [6.45, 7) is 14.5. The Kier molecular flexibility index (Phi) is 6.94. The van der Waals surface area contributed by atoms with Crippen molar-refractivity contribution in [1.29, 1.82) is 0 Å². The summed E-state index contributed by atoms with van der Waals surface area (Å²) in [5.41, 5.74) is 3.50. The molecule has 2 aliphatic heterocycles. The summed E-state index contributed by atoms with van der Waals surface area (Å²) in [7, 11) is 0. The summed E-state index contributed by atoms with van der Waals surface area (Å²) >= 11 is 5.63. The van der Waals surface area contributed by atoms with Crippen molar-refractivity contribution in [3.63, 3.8) is 0 Å². The molecule has 0 aliphatic carbocycles. The lowest BCUT2D eigenvalue weighted by atomic mass is 9.92. The smallest absolute Gasteiger partial charge is 0.236 e. The summed E-state index contributed by atoms with van der Waals surface area (Å²) in [6, 6.07) is 6.37. The van der Waals surface area contributed by atoms with Crippen LogP contribution in [0.5, 0.6) is 0 Å². The third kappa shape index (κ3) is 5.45. The summed E-state index contributed by atoms with van der Waals surface area (Å²) in [4.78, 5) is 19.3. The van der Waals surface area contributed by atoms with E-state index in [1.807, 2.05) is 0 Å². The fourth-order valence-corrected chi connectivity index (χ4v) is 4.62. The van der Waals surface area contributed by atoms with E-state index < -0.39 is 0 Å². The fourth-order valence-electron chi connectivity index (χ4n) is 4.33. The van der Waals surface area contributed by atoms with Crippen molar-refractivity contribution in [2.45, 2.75) is 34.1 Å². The van der Waals surface area contributed by atoms with E-state index in [1.165, 1.54) is 17.5 Å². The maximum Gasteiger partial charge on any atom is 0.236 e. The second-order valence-corrected chi connectivity index (χ2v) is 9.14. The summed E-state index contributed by atoms with van der Waals surface area (Å²) < 4.78 is 0. The molecule has 28 heavy (non-hydrogen) atoms. The van der Waals surface area contributed by atoms with Gasteiger partial charge in [0.1, 0.15) is 0 Å². The Hall–Kier alpha value is -1.66. The Morgan fingerprint density at radius 3 is 2.36 bits per heavy atom. The average molecular weight is 403 g/mol. The number of amides is 1. The lowest BCUT2D eigenvalue weighted by Gasteiger charge is -2.39. The molecule has 154 valence electrons. The van der Waals surface area contributed by atoms with E-state index in [0.717, 1.165) is 50.1 Å². The molecule has 2 fully saturated rings. The molecule has 0 spiro atoms. The lowest BCUT2D eigenvalue weighted by Crippen LogP contribution is -2.53. The molecular weight excluding hydrogens is 368 g/mol. The number of aryl methyl sites for hydroxylation is 2. The number of hydrogen-bond donors (Lipinski definition) is 1. The number of rotatable bonds is 3. The number of hydrogen-bond acceptors (Lipinski definition) is 3. The standard InChI is InChI=1S/C22H34N4OS/c1-16-5-6-19(4)20(12-16)23-22(28)25-9-7-24(8-10-25)15-21(27)26-13-17(2)11-18(3)14-26/h5-6,12,17-18H,7-11,13-15H2,1-4H3,(H,23,28)/t17-,18+. The highest BCUT2D eigenvalue weighted by molar-refractivity contribution is 7.80. The molecule has 0 bridgehead atoms. The minimum absolute atomic E-state index is 0.280. The van der Waals surface area contributed by atoms with Gasteiger partial charge in [-0.05, 0) is 61.5 Å². The first-order chi connectivity index (χ1) is 13.3. The monoisotopic (exact) mass is 402 g/mol. The molecule has 0 radical (unpaired) electrons. The zero-order valence-corrected chi connectivity index (χ0v) is 18.5. The minimum Gasteiger partial charge on any atom is -0.346 e. The van der Waals surface area contributed by atoms with E-state index in [0.29, 0.717) is 18.4 Å². The van der Waals surface area contributed by atoms with Crippen molar-refractivity contribution in [1.82, 2.24) is 14.7 Å². The molecule has 1 amide bonds. The number of benzene rings is 1. The number of anilines is 1. The van der Waals surface area contributed by atoms with Crippen LogP contribution >= 0.6 is 12.2 Å². The van der Waals surface area contributed by atoms with Crippen molar-refractivity contribution in [2.75, 3.05) is 51.1 Å². The first-order valence-electron chi connectivity index (χ1n) is 10.4. The third-order valence-corrected chi connectivity index (χ3v) is 6.23. The Labute approximate surface area is 175 Å². The maximum absolute atomic E-state index is 12.7. The first-order valence-corrected chi connectivity index (χ1v) is 10.9. The first kappa shape index (κ1) is 21.1. The fraction of sp³-hybridized carbons (Fsp3) is 0.636. The van der Waals surface area contributed by atoms with Crippen LogP contribution in [0.1, 0.15) is 31.4 Å². The van der Waals surface area contributed by atoms with Gasteiger partial charge in [-0.15, -0.1) is 0 Å². The van der Waals surface area contributed by atoms with Crippen LogP contribution in [0.15, 0.2) is 18.2 Å². The molecule has 5 nitrogen and oxygen atoms in total. The number of thiocarbonyl (C=S) groups is 1. The second kappa shape index (κ2) is 9.23. The molecule has 2 heterocycles.